The van der Waals surface area contributed by atoms with E-state index in [-0.39, 0.29) is 25.7 Å². The van der Waals surface area contributed by atoms with Crippen molar-refractivity contribution in [2.45, 2.75) is 369 Å². The van der Waals surface area contributed by atoms with Crippen LogP contribution in [0.5, 0.6) is 0 Å². The van der Waals surface area contributed by atoms with Crippen molar-refractivity contribution < 1.29 is 80.2 Å². The zero-order valence-corrected chi connectivity index (χ0v) is 62.0. The number of hydrogen-bond donors (Lipinski definition) is 3. The molecule has 0 heterocycles. The van der Waals surface area contributed by atoms with Crippen LogP contribution in [0.15, 0.2) is 24.3 Å². The minimum absolute atomic E-state index is 0.0837. The molecule has 0 aliphatic heterocycles. The van der Waals surface area contributed by atoms with Gasteiger partial charge in [-0.15, -0.1) is 0 Å². The van der Waals surface area contributed by atoms with Crippen LogP contribution < -0.4 is 0 Å². The van der Waals surface area contributed by atoms with Gasteiger partial charge in [0.2, 0.25) is 0 Å². The van der Waals surface area contributed by atoms with Crippen LogP contribution in [0.1, 0.15) is 350 Å². The van der Waals surface area contributed by atoms with Crippen molar-refractivity contribution in [3.63, 3.8) is 0 Å². The number of carbonyl (C=O) groups excluding carboxylic acids is 4. The fourth-order valence-corrected chi connectivity index (χ4v) is 12.3. The Morgan fingerprint density at radius 3 is 0.957 bits per heavy atom. The standard InChI is InChI=1S/C74H140O17P2/c1-8-10-11-12-13-14-15-16-17-22-25-28-34-43-50-57-73(78)90-70(62-85-72(77)56-49-42-37-36-40-47-54-67(7)9-2)64-89-93(82,83)87-60-68(75)59-86-92(80,81)88-63-69(91-74(79)58-51-44-35-30-29-32-39-46-53-66(5)6)61-84-71(76)55-48-41-33-27-24-21-19-18-20-23-26-31-38-45-52-65(3)4/h14-17,65-70,75H,8-13,18-64H2,1-7H3,(H,80,81)(H,82,83)/b15-14-,17-16-/t67?,68-,69-,70-/m1/s1. The second kappa shape index (κ2) is 64.2. The fraction of sp³-hybridized carbons (Fsp3) is 0.892. The predicted octanol–water partition coefficient (Wildman–Crippen LogP) is 21.0. The Balaban J connectivity index is 5.26. The lowest BCUT2D eigenvalue weighted by Gasteiger charge is -2.21. The molecular formula is C74H140O17P2. The number of esters is 4. The number of phosphoric acid groups is 2. The largest absolute Gasteiger partial charge is 0.472 e. The Hall–Kier alpha value is -2.46. The Morgan fingerprint density at radius 2 is 0.634 bits per heavy atom. The molecule has 0 bridgehead atoms. The van der Waals surface area contributed by atoms with Crippen molar-refractivity contribution in [3.8, 4) is 0 Å². The molecule has 3 unspecified atom stereocenters. The van der Waals surface area contributed by atoms with E-state index in [1.165, 1.54) is 141 Å². The molecule has 0 amide bonds. The van der Waals surface area contributed by atoms with Crippen molar-refractivity contribution >= 4 is 39.5 Å². The van der Waals surface area contributed by atoms with Crippen LogP contribution in [0.4, 0.5) is 0 Å². The van der Waals surface area contributed by atoms with E-state index in [4.69, 9.17) is 37.0 Å². The molecule has 3 N–H and O–H groups in total. The summed E-state index contributed by atoms with van der Waals surface area (Å²) in [5.74, 6) is 0.0875. The first-order valence-electron chi connectivity index (χ1n) is 37.7. The van der Waals surface area contributed by atoms with Gasteiger partial charge in [0.25, 0.3) is 0 Å². The third-order valence-corrected chi connectivity index (χ3v) is 18.8. The zero-order chi connectivity index (χ0) is 68.7. The number of rotatable bonds is 70. The maximum Gasteiger partial charge on any atom is 0.472 e. The summed E-state index contributed by atoms with van der Waals surface area (Å²) < 4.78 is 68.4. The average Bonchev–Trinajstić information content (AvgIpc) is 2.22. The van der Waals surface area contributed by atoms with E-state index in [1.54, 1.807) is 0 Å². The van der Waals surface area contributed by atoms with E-state index in [1.807, 2.05) is 0 Å². The number of unbranched alkanes of at least 4 members (excludes halogenated alkanes) is 34. The van der Waals surface area contributed by atoms with Crippen LogP contribution in [0.3, 0.4) is 0 Å². The van der Waals surface area contributed by atoms with Crippen LogP contribution in [0.25, 0.3) is 0 Å². The molecule has 0 spiro atoms. The average molecular weight is 1360 g/mol. The summed E-state index contributed by atoms with van der Waals surface area (Å²) in [7, 11) is -9.92. The lowest BCUT2D eigenvalue weighted by Crippen LogP contribution is -2.30. The molecular weight excluding hydrogens is 1220 g/mol. The quantitative estimate of drug-likeness (QED) is 0.0169. The SMILES string of the molecule is CCCCCC/C=C\C=C/CCCCCCCC(=O)O[C@H](COC(=O)CCCCCCCCC(C)CC)COP(=O)(O)OC[C@H](O)COP(=O)(O)OC[C@@H](COC(=O)CCCCCCCCCCCCCCCCC(C)C)OC(=O)CCCCCCCCCCC(C)C. The highest BCUT2D eigenvalue weighted by molar-refractivity contribution is 7.47. The second-order valence-electron chi connectivity index (χ2n) is 27.2. The highest BCUT2D eigenvalue weighted by atomic mass is 31.2. The predicted molar refractivity (Wildman–Crippen MR) is 377 cm³/mol. The van der Waals surface area contributed by atoms with E-state index in [0.717, 1.165) is 121 Å². The van der Waals surface area contributed by atoms with Crippen molar-refractivity contribution in [1.29, 1.82) is 0 Å². The smallest absolute Gasteiger partial charge is 0.462 e. The molecule has 0 saturated carbocycles. The van der Waals surface area contributed by atoms with Gasteiger partial charge in [0.05, 0.1) is 26.4 Å². The number of allylic oxidation sites excluding steroid dienone is 4. The summed E-state index contributed by atoms with van der Waals surface area (Å²) in [4.78, 5) is 72.7. The van der Waals surface area contributed by atoms with Gasteiger partial charge in [-0.05, 0) is 69.1 Å². The normalized spacial score (nSPS) is 14.6. The first-order valence-corrected chi connectivity index (χ1v) is 40.7. The summed E-state index contributed by atoms with van der Waals surface area (Å²) >= 11 is 0. The molecule has 0 aromatic rings. The van der Waals surface area contributed by atoms with Gasteiger partial charge in [-0.3, -0.25) is 37.3 Å². The van der Waals surface area contributed by atoms with E-state index in [9.17, 15) is 43.2 Å². The van der Waals surface area contributed by atoms with E-state index in [2.05, 4.69) is 72.8 Å². The number of phosphoric ester groups is 2. The summed E-state index contributed by atoms with van der Waals surface area (Å²) in [6, 6.07) is 0. The van der Waals surface area contributed by atoms with Crippen LogP contribution >= 0.6 is 15.6 Å². The Morgan fingerprint density at radius 1 is 0.355 bits per heavy atom. The molecule has 548 valence electrons. The van der Waals surface area contributed by atoms with Crippen molar-refractivity contribution in [3.05, 3.63) is 24.3 Å². The third-order valence-electron chi connectivity index (χ3n) is 16.9. The molecule has 0 fully saturated rings. The lowest BCUT2D eigenvalue weighted by atomic mass is 10.00. The van der Waals surface area contributed by atoms with Gasteiger partial charge >= 0.3 is 39.5 Å². The van der Waals surface area contributed by atoms with Crippen LogP contribution in [-0.2, 0) is 65.4 Å². The number of aliphatic hydroxyl groups is 1. The van der Waals surface area contributed by atoms with Crippen molar-refractivity contribution in [2.24, 2.45) is 17.8 Å². The highest BCUT2D eigenvalue weighted by Gasteiger charge is 2.30. The molecule has 0 aromatic heterocycles. The first kappa shape index (κ1) is 90.5. The van der Waals surface area contributed by atoms with Crippen molar-refractivity contribution in [1.82, 2.24) is 0 Å². The number of aliphatic hydroxyl groups excluding tert-OH is 1. The van der Waals surface area contributed by atoms with Gasteiger partial charge in [-0.2, -0.15) is 0 Å². The number of hydrogen-bond acceptors (Lipinski definition) is 15. The van der Waals surface area contributed by atoms with Gasteiger partial charge in [0.1, 0.15) is 19.3 Å². The zero-order valence-electron chi connectivity index (χ0n) is 60.2. The van der Waals surface area contributed by atoms with E-state index >= 15 is 0 Å². The molecule has 6 atom stereocenters. The molecule has 0 saturated heterocycles. The van der Waals surface area contributed by atoms with Gasteiger partial charge in [0.15, 0.2) is 12.2 Å². The minimum atomic E-state index is -4.96. The second-order valence-corrected chi connectivity index (χ2v) is 30.1. The molecule has 0 rings (SSSR count). The molecule has 93 heavy (non-hydrogen) atoms. The van der Waals surface area contributed by atoms with Gasteiger partial charge in [-0.25, -0.2) is 9.13 Å². The molecule has 0 aliphatic carbocycles. The van der Waals surface area contributed by atoms with Crippen LogP contribution in [-0.4, -0.2) is 96.7 Å². The number of ether oxygens (including phenoxy) is 4. The molecule has 0 aromatic carbocycles. The van der Waals surface area contributed by atoms with Gasteiger partial charge < -0.3 is 33.8 Å². The summed E-state index contributed by atoms with van der Waals surface area (Å²) in [5, 5.41) is 10.6. The minimum Gasteiger partial charge on any atom is -0.462 e. The molecule has 0 radical (unpaired) electrons. The summed E-state index contributed by atoms with van der Waals surface area (Å²) in [5.41, 5.74) is 0. The monoisotopic (exact) mass is 1360 g/mol. The Labute approximate surface area is 567 Å². The van der Waals surface area contributed by atoms with Gasteiger partial charge in [-0.1, -0.05) is 297 Å². The number of carbonyl (C=O) groups is 4. The first-order chi connectivity index (χ1) is 44.8. The fourth-order valence-electron chi connectivity index (χ4n) is 10.7. The third kappa shape index (κ3) is 66.6. The topological polar surface area (TPSA) is 237 Å². The van der Waals surface area contributed by atoms with Crippen molar-refractivity contribution in [2.75, 3.05) is 39.6 Å². The van der Waals surface area contributed by atoms with Crippen LogP contribution in [0.2, 0.25) is 0 Å². The Bertz CT molecular complexity index is 1910. The maximum absolute atomic E-state index is 13.0. The van der Waals surface area contributed by atoms with Gasteiger partial charge in [0, 0.05) is 25.7 Å². The van der Waals surface area contributed by atoms with E-state index in [0.29, 0.717) is 31.6 Å². The Kier molecular flexibility index (Phi) is 62.5. The van der Waals surface area contributed by atoms with Crippen LogP contribution in [0, 0.1) is 17.8 Å². The maximum atomic E-state index is 13.0. The molecule has 19 heteroatoms. The summed E-state index contributed by atoms with van der Waals surface area (Å²) in [6.07, 6.45) is 52.2. The lowest BCUT2D eigenvalue weighted by molar-refractivity contribution is -0.161. The summed E-state index contributed by atoms with van der Waals surface area (Å²) in [6.45, 7) is 11.7. The molecule has 0 aliphatic rings. The van der Waals surface area contributed by atoms with E-state index < -0.39 is 97.5 Å². The molecule has 17 nitrogen and oxygen atoms in total. The highest BCUT2D eigenvalue weighted by Crippen LogP contribution is 2.45.